The Labute approximate surface area is 103 Å². The highest BCUT2D eigenvalue weighted by Gasteiger charge is 1.87. The molecular weight excluding hydrogens is 212 g/mol. The van der Waals surface area contributed by atoms with Crippen LogP contribution in [-0.2, 0) is 0 Å². The van der Waals surface area contributed by atoms with Crippen LogP contribution in [0.3, 0.4) is 0 Å². The Morgan fingerprint density at radius 3 is 2.56 bits per heavy atom. The normalized spacial score (nSPS) is 11.1. The minimum Gasteiger partial charge on any atom is -0.143 e. The third kappa shape index (κ3) is 4.85. The fourth-order valence-corrected chi connectivity index (χ4v) is 1.35. The van der Waals surface area contributed by atoms with Crippen molar-refractivity contribution in [1.29, 1.82) is 0 Å². The first-order valence-corrected chi connectivity index (χ1v) is 5.59. The number of hydrogen-bond acceptors (Lipinski definition) is 1. The predicted octanol–water partition coefficient (Wildman–Crippen LogP) is 4.68. The molecule has 0 aliphatic heterocycles. The van der Waals surface area contributed by atoms with Crippen LogP contribution in [0.1, 0.15) is 12.0 Å². The van der Waals surface area contributed by atoms with Crippen LogP contribution in [0.15, 0.2) is 72.2 Å². The van der Waals surface area contributed by atoms with Crippen LogP contribution in [0.4, 0.5) is 0 Å². The fourth-order valence-electron chi connectivity index (χ4n) is 1.20. The van der Waals surface area contributed by atoms with Gasteiger partial charge in [0.1, 0.15) is 0 Å². The number of hydrogen-bond donors (Lipinski definition) is 1. The Balaban J connectivity index is 2.48. The highest BCUT2D eigenvalue weighted by Crippen LogP contribution is 2.10. The number of rotatable bonds is 5. The average molecular weight is 228 g/mol. The summed E-state index contributed by atoms with van der Waals surface area (Å²) in [6.07, 6.45) is 10.6. The summed E-state index contributed by atoms with van der Waals surface area (Å²) in [5, 5.41) is 0. The van der Waals surface area contributed by atoms with Gasteiger partial charge in [-0.2, -0.15) is 0 Å². The Hall–Kier alpha value is -1.47. The molecule has 0 bridgehead atoms. The van der Waals surface area contributed by atoms with Crippen LogP contribution in [0.2, 0.25) is 0 Å². The molecule has 0 radical (unpaired) electrons. The molecule has 0 saturated carbocycles. The summed E-state index contributed by atoms with van der Waals surface area (Å²) in [6, 6.07) is 8.05. The highest BCUT2D eigenvalue weighted by molar-refractivity contribution is 7.80. The van der Waals surface area contributed by atoms with Crippen molar-refractivity contribution in [3.05, 3.63) is 72.9 Å². The molecule has 0 fully saturated rings. The summed E-state index contributed by atoms with van der Waals surface area (Å²) < 4.78 is 0. The van der Waals surface area contributed by atoms with Crippen LogP contribution in [0.5, 0.6) is 0 Å². The topological polar surface area (TPSA) is 0 Å². The lowest BCUT2D eigenvalue weighted by molar-refractivity contribution is 1.31. The van der Waals surface area contributed by atoms with E-state index in [-0.39, 0.29) is 0 Å². The van der Waals surface area contributed by atoms with Crippen LogP contribution in [0.25, 0.3) is 6.08 Å². The molecule has 0 heterocycles. The van der Waals surface area contributed by atoms with Crippen molar-refractivity contribution in [2.45, 2.75) is 11.3 Å². The zero-order valence-corrected chi connectivity index (χ0v) is 10.2. The molecule has 0 N–H and O–H groups in total. The average Bonchev–Trinajstić information content (AvgIpc) is 2.29. The van der Waals surface area contributed by atoms with E-state index in [1.54, 1.807) is 6.08 Å². The van der Waals surface area contributed by atoms with E-state index in [0.29, 0.717) is 0 Å². The van der Waals surface area contributed by atoms with Crippen molar-refractivity contribution >= 4 is 18.7 Å². The van der Waals surface area contributed by atoms with Crippen molar-refractivity contribution in [2.24, 2.45) is 0 Å². The molecule has 16 heavy (non-hydrogen) atoms. The monoisotopic (exact) mass is 228 g/mol. The second-order valence-corrected chi connectivity index (χ2v) is 3.97. The third-order valence-corrected chi connectivity index (χ3v) is 2.35. The summed E-state index contributed by atoms with van der Waals surface area (Å²) in [6.45, 7) is 7.56. The van der Waals surface area contributed by atoms with E-state index in [4.69, 9.17) is 0 Å². The second kappa shape index (κ2) is 6.91. The summed E-state index contributed by atoms with van der Waals surface area (Å²) in [4.78, 5) is 0.982. The van der Waals surface area contributed by atoms with E-state index in [9.17, 15) is 0 Å². The summed E-state index contributed by atoms with van der Waals surface area (Å²) >= 11 is 4.24. The van der Waals surface area contributed by atoms with Crippen molar-refractivity contribution < 1.29 is 0 Å². The number of thiol groups is 1. The Morgan fingerprint density at radius 2 is 1.94 bits per heavy atom. The molecule has 1 aromatic rings. The van der Waals surface area contributed by atoms with E-state index in [2.05, 4.69) is 37.9 Å². The van der Waals surface area contributed by atoms with E-state index < -0.39 is 0 Å². The van der Waals surface area contributed by atoms with Gasteiger partial charge in [-0.15, -0.1) is 12.6 Å². The molecule has 1 aromatic carbocycles. The molecule has 82 valence electrons. The van der Waals surface area contributed by atoms with E-state index in [1.807, 2.05) is 36.4 Å². The molecule has 0 saturated heterocycles. The first-order chi connectivity index (χ1) is 7.72. The van der Waals surface area contributed by atoms with Crippen LogP contribution in [-0.4, -0.2) is 0 Å². The minimum absolute atomic E-state index is 0.854. The van der Waals surface area contributed by atoms with Crippen molar-refractivity contribution in [3.63, 3.8) is 0 Å². The zero-order valence-electron chi connectivity index (χ0n) is 9.26. The maximum absolute atomic E-state index is 4.24. The molecular formula is C15H16S. The van der Waals surface area contributed by atoms with Gasteiger partial charge < -0.3 is 0 Å². The predicted molar refractivity (Wildman–Crippen MR) is 75.8 cm³/mol. The molecule has 0 nitrogen and oxygen atoms in total. The zero-order chi connectivity index (χ0) is 11.8. The molecule has 0 amide bonds. The van der Waals surface area contributed by atoms with Gasteiger partial charge in [-0.1, -0.05) is 61.2 Å². The fraction of sp³-hybridized carbons (Fsp3) is 0.0667. The standard InChI is InChI=1S/C15H16S/c1-3-4-6-13(2)7-5-8-14-9-11-15(16)12-10-14/h3-6,8-12,16H,1-2,7H2/b6-4-,8-5+. The lowest BCUT2D eigenvalue weighted by atomic mass is 10.1. The smallest absolute Gasteiger partial charge is 0.00403 e. The summed E-state index contributed by atoms with van der Waals surface area (Å²) in [5.41, 5.74) is 2.25. The van der Waals surface area contributed by atoms with Gasteiger partial charge in [0.05, 0.1) is 0 Å². The summed E-state index contributed by atoms with van der Waals surface area (Å²) in [5.74, 6) is 0. The van der Waals surface area contributed by atoms with Gasteiger partial charge in [-0.05, 0) is 24.1 Å². The molecule has 1 heteroatoms. The first-order valence-electron chi connectivity index (χ1n) is 5.15. The molecule has 0 aliphatic rings. The van der Waals surface area contributed by atoms with Crippen molar-refractivity contribution in [1.82, 2.24) is 0 Å². The maximum Gasteiger partial charge on any atom is 0.00403 e. The quantitative estimate of drug-likeness (QED) is 0.549. The molecule has 1 rings (SSSR count). The maximum atomic E-state index is 4.24. The van der Waals surface area contributed by atoms with Gasteiger partial charge in [0, 0.05) is 4.90 Å². The lowest BCUT2D eigenvalue weighted by Gasteiger charge is -1.95. The molecule has 0 spiro atoms. The Morgan fingerprint density at radius 1 is 1.25 bits per heavy atom. The molecule has 0 unspecified atom stereocenters. The second-order valence-electron chi connectivity index (χ2n) is 3.45. The number of allylic oxidation sites excluding steroid dienone is 5. The van der Waals surface area contributed by atoms with Gasteiger partial charge in [-0.25, -0.2) is 0 Å². The highest BCUT2D eigenvalue weighted by atomic mass is 32.1. The largest absolute Gasteiger partial charge is 0.143 e. The Bertz CT molecular complexity index is 408. The van der Waals surface area contributed by atoms with Crippen LogP contribution >= 0.6 is 12.6 Å². The van der Waals surface area contributed by atoms with Gasteiger partial charge in [-0.3, -0.25) is 0 Å². The lowest BCUT2D eigenvalue weighted by Crippen LogP contribution is -1.73. The van der Waals surface area contributed by atoms with Gasteiger partial charge in [0.15, 0.2) is 0 Å². The molecule has 0 aliphatic carbocycles. The van der Waals surface area contributed by atoms with Crippen LogP contribution < -0.4 is 0 Å². The van der Waals surface area contributed by atoms with E-state index in [0.717, 1.165) is 16.9 Å². The van der Waals surface area contributed by atoms with Crippen LogP contribution in [0, 0.1) is 0 Å². The van der Waals surface area contributed by atoms with Gasteiger partial charge in [0.2, 0.25) is 0 Å². The van der Waals surface area contributed by atoms with Gasteiger partial charge >= 0.3 is 0 Å². The van der Waals surface area contributed by atoms with E-state index >= 15 is 0 Å². The molecule has 0 atom stereocenters. The first kappa shape index (κ1) is 12.6. The summed E-state index contributed by atoms with van der Waals surface area (Å²) in [7, 11) is 0. The Kier molecular flexibility index (Phi) is 5.44. The van der Waals surface area contributed by atoms with Gasteiger partial charge in [0.25, 0.3) is 0 Å². The van der Waals surface area contributed by atoms with Crippen molar-refractivity contribution in [2.75, 3.05) is 0 Å². The third-order valence-electron chi connectivity index (χ3n) is 2.05. The van der Waals surface area contributed by atoms with E-state index in [1.165, 1.54) is 5.56 Å². The van der Waals surface area contributed by atoms with Crippen molar-refractivity contribution in [3.8, 4) is 0 Å². The molecule has 0 aromatic heterocycles. The minimum atomic E-state index is 0.854. The SMILES string of the molecule is C=C/C=C\C(=C)C/C=C/c1ccc(S)cc1. The number of benzene rings is 1.